The number of aromatic nitrogens is 8. The molecule has 7 rings (SSSR count). The van der Waals surface area contributed by atoms with Gasteiger partial charge in [0.05, 0.1) is 31.6 Å². The number of aliphatic hydroxyl groups is 1. The molecule has 6 N–H and O–H groups in total. The number of aliphatic hydroxyl groups excluding tert-OH is 1. The molecular formula is C21H24FN9O12P2. The molecule has 0 aromatic carbocycles. The topological polar surface area (TPSA) is 283 Å². The first-order chi connectivity index (χ1) is 21.3. The van der Waals surface area contributed by atoms with Gasteiger partial charge < -0.3 is 30.1 Å². The fourth-order valence-electron chi connectivity index (χ4n) is 5.36. The molecule has 242 valence electrons. The minimum Gasteiger partial charge on any atom is -0.387 e. The summed E-state index contributed by atoms with van der Waals surface area (Å²) < 4.78 is 76.6. The molecule has 4 aromatic rings. The highest BCUT2D eigenvalue weighted by Gasteiger charge is 2.54. The number of nitrogens with zero attached hydrogens (tertiary/aromatic N) is 7. The number of nitrogens with one attached hydrogen (secondary N) is 1. The van der Waals surface area contributed by atoms with Crippen molar-refractivity contribution in [3.05, 3.63) is 35.0 Å². The Labute approximate surface area is 249 Å². The Bertz CT molecular complexity index is 1940. The Kier molecular flexibility index (Phi) is 7.37. The quantitative estimate of drug-likeness (QED) is 0.165. The number of imidazole rings is 2. The van der Waals surface area contributed by atoms with Crippen LogP contribution in [0.4, 0.5) is 10.3 Å². The standard InChI is InChI=1S/C21H24FN9O12P2/c1-7-11-16(25-4-24-7)30(5-26-11)20-15-13(32)8(40-20)2-38-44(34,35)42-14-9(3-39-45(36,37)43-15)41-19(10(14)22)31-6-27-12-17(31)28-21(23)29-18(12)33/h4-6,8-10,13-15,19-20,32H,2-3H2,1H3,(H,34,35)(H,36,37)(H3,23,28,29,33)/t8-,9-,10?,13?,14-,15-,19-,20-/m1/s1. The van der Waals surface area contributed by atoms with Gasteiger partial charge in [-0.25, -0.2) is 33.5 Å². The lowest BCUT2D eigenvalue weighted by Gasteiger charge is -2.25. The maximum Gasteiger partial charge on any atom is 0.472 e. The normalized spacial score (nSPS) is 37.7. The van der Waals surface area contributed by atoms with E-state index in [-0.39, 0.29) is 22.8 Å². The number of nitrogens with two attached hydrogens (primary N) is 1. The number of aromatic amines is 1. The van der Waals surface area contributed by atoms with E-state index in [9.17, 15) is 28.8 Å². The summed E-state index contributed by atoms with van der Waals surface area (Å²) in [6.07, 6.45) is -10.1. The third kappa shape index (κ3) is 5.36. The minimum absolute atomic E-state index is 0.181. The monoisotopic (exact) mass is 675 g/mol. The highest BCUT2D eigenvalue weighted by Crippen LogP contribution is 2.54. The van der Waals surface area contributed by atoms with E-state index in [4.69, 9.17) is 33.3 Å². The lowest BCUT2D eigenvalue weighted by molar-refractivity contribution is -0.0671. The number of alkyl halides is 1. The van der Waals surface area contributed by atoms with Crippen LogP contribution in [0.3, 0.4) is 0 Å². The molecule has 7 heterocycles. The van der Waals surface area contributed by atoms with Crippen molar-refractivity contribution in [3.8, 4) is 0 Å². The molecule has 0 saturated carbocycles. The van der Waals surface area contributed by atoms with Gasteiger partial charge in [-0.2, -0.15) is 4.98 Å². The summed E-state index contributed by atoms with van der Waals surface area (Å²) in [5.74, 6) is -0.306. The molecule has 45 heavy (non-hydrogen) atoms. The second-order valence-electron chi connectivity index (χ2n) is 10.3. The van der Waals surface area contributed by atoms with Crippen LogP contribution in [0, 0.1) is 6.92 Å². The molecule has 10 atom stereocenters. The number of ether oxygens (including phenoxy) is 2. The van der Waals surface area contributed by atoms with Gasteiger partial charge >= 0.3 is 15.6 Å². The first-order valence-electron chi connectivity index (χ1n) is 13.1. The average Bonchev–Trinajstić information content (AvgIpc) is 3.72. The molecule has 2 bridgehead atoms. The van der Waals surface area contributed by atoms with Gasteiger partial charge in [0.2, 0.25) is 5.95 Å². The number of hydrogen-bond donors (Lipinski definition) is 5. The smallest absolute Gasteiger partial charge is 0.387 e. The zero-order valence-corrected chi connectivity index (χ0v) is 24.6. The Morgan fingerprint density at radius 1 is 0.933 bits per heavy atom. The van der Waals surface area contributed by atoms with Crippen molar-refractivity contribution >= 4 is 43.9 Å². The van der Waals surface area contributed by atoms with Crippen molar-refractivity contribution in [3.63, 3.8) is 0 Å². The van der Waals surface area contributed by atoms with Crippen LogP contribution in [-0.4, -0.2) is 104 Å². The predicted octanol–water partition coefficient (Wildman–Crippen LogP) is -0.638. The van der Waals surface area contributed by atoms with Gasteiger partial charge in [-0.1, -0.05) is 0 Å². The molecule has 0 spiro atoms. The third-order valence-electron chi connectivity index (χ3n) is 7.43. The zero-order valence-electron chi connectivity index (χ0n) is 22.8. The Morgan fingerprint density at radius 2 is 1.56 bits per heavy atom. The zero-order chi connectivity index (χ0) is 31.8. The lowest BCUT2D eigenvalue weighted by atomic mass is 10.1. The number of aryl methyl sites for hydroxylation is 1. The van der Waals surface area contributed by atoms with E-state index >= 15 is 4.39 Å². The number of anilines is 1. The van der Waals surface area contributed by atoms with Crippen molar-refractivity contribution in [1.29, 1.82) is 0 Å². The van der Waals surface area contributed by atoms with Crippen molar-refractivity contribution < 1.29 is 56.0 Å². The van der Waals surface area contributed by atoms with E-state index in [0.717, 1.165) is 10.9 Å². The molecular weight excluding hydrogens is 651 g/mol. The van der Waals surface area contributed by atoms with Gasteiger partial charge in [0, 0.05) is 0 Å². The molecule has 0 radical (unpaired) electrons. The van der Waals surface area contributed by atoms with Crippen molar-refractivity contribution in [2.24, 2.45) is 0 Å². The summed E-state index contributed by atoms with van der Waals surface area (Å²) in [6, 6.07) is 0. The Morgan fingerprint density at radius 3 is 2.29 bits per heavy atom. The summed E-state index contributed by atoms with van der Waals surface area (Å²) in [6.45, 7) is -0.0508. The van der Waals surface area contributed by atoms with Crippen LogP contribution >= 0.6 is 15.6 Å². The van der Waals surface area contributed by atoms with E-state index in [0.29, 0.717) is 11.2 Å². The third-order valence-corrected chi connectivity index (χ3v) is 9.40. The first kappa shape index (κ1) is 30.4. The molecule has 3 saturated heterocycles. The largest absolute Gasteiger partial charge is 0.472 e. The number of nitrogen functional groups attached to an aromatic ring is 1. The maximum absolute atomic E-state index is 15.9. The SMILES string of the molecule is Cc1ncnc2c1ncn2[C@@H]1O[C@@H]2COP(=O)(O)O[C@H]3C(F)[C@H](n4cnc5c(=O)[nH]c(N)nc54)O[C@@H]3COP(=O)(O)O[C@@H]1C2O. The molecule has 0 aliphatic carbocycles. The van der Waals surface area contributed by atoms with Gasteiger partial charge in [0.15, 0.2) is 35.4 Å². The van der Waals surface area contributed by atoms with Crippen LogP contribution < -0.4 is 11.3 Å². The van der Waals surface area contributed by atoms with Gasteiger partial charge in [0.1, 0.15) is 42.4 Å². The van der Waals surface area contributed by atoms with E-state index in [1.54, 1.807) is 6.92 Å². The molecule has 3 aliphatic rings. The number of rotatable bonds is 2. The van der Waals surface area contributed by atoms with E-state index in [2.05, 4.69) is 29.9 Å². The highest BCUT2D eigenvalue weighted by atomic mass is 31.2. The molecule has 21 nitrogen and oxygen atoms in total. The van der Waals surface area contributed by atoms with Crippen LogP contribution in [0.25, 0.3) is 22.3 Å². The molecule has 4 aromatic heterocycles. The maximum atomic E-state index is 15.9. The fourth-order valence-corrected chi connectivity index (χ4v) is 7.25. The number of hydrogen-bond acceptors (Lipinski definition) is 16. The average molecular weight is 675 g/mol. The summed E-state index contributed by atoms with van der Waals surface area (Å²) >= 11 is 0. The van der Waals surface area contributed by atoms with Gasteiger partial charge in [-0.3, -0.25) is 37.0 Å². The van der Waals surface area contributed by atoms with Crippen molar-refractivity contribution in [2.75, 3.05) is 18.9 Å². The highest BCUT2D eigenvalue weighted by molar-refractivity contribution is 7.47. The lowest BCUT2D eigenvalue weighted by Crippen LogP contribution is -2.35. The van der Waals surface area contributed by atoms with Crippen LogP contribution in [0.1, 0.15) is 18.1 Å². The van der Waals surface area contributed by atoms with Crippen LogP contribution in [0.5, 0.6) is 0 Å². The van der Waals surface area contributed by atoms with Crippen LogP contribution in [0.2, 0.25) is 0 Å². The second-order valence-corrected chi connectivity index (χ2v) is 13.1. The number of H-pyrrole nitrogens is 1. The molecule has 4 unspecified atom stereocenters. The minimum atomic E-state index is -5.14. The number of halogens is 1. The number of fused-ring (bicyclic) bond motifs is 5. The molecule has 0 amide bonds. The van der Waals surface area contributed by atoms with E-state index in [1.807, 2.05) is 0 Å². The Hall–Kier alpha value is -3.27. The Balaban J connectivity index is 1.21. The second kappa shape index (κ2) is 10.9. The summed E-state index contributed by atoms with van der Waals surface area (Å²) in [5.41, 5.74) is 5.61. The van der Waals surface area contributed by atoms with Crippen molar-refractivity contribution in [1.82, 2.24) is 39.0 Å². The molecule has 24 heteroatoms. The molecule has 3 fully saturated rings. The van der Waals surface area contributed by atoms with Crippen LogP contribution in [0.15, 0.2) is 23.8 Å². The summed E-state index contributed by atoms with van der Waals surface area (Å²) in [4.78, 5) is 55.9. The predicted molar refractivity (Wildman–Crippen MR) is 143 cm³/mol. The number of phosphoric ester groups is 2. The van der Waals surface area contributed by atoms with Crippen molar-refractivity contribution in [2.45, 2.75) is 56.1 Å². The van der Waals surface area contributed by atoms with Gasteiger partial charge in [-0.15, -0.1) is 0 Å². The van der Waals surface area contributed by atoms with Gasteiger partial charge in [-0.05, 0) is 6.92 Å². The fraction of sp³-hybridized carbons (Fsp3) is 0.524. The van der Waals surface area contributed by atoms with Gasteiger partial charge in [0.25, 0.3) is 5.56 Å². The van der Waals surface area contributed by atoms with E-state index < -0.39 is 83.6 Å². The number of phosphoric acid groups is 2. The van der Waals surface area contributed by atoms with Crippen LogP contribution in [-0.2, 0) is 36.7 Å². The van der Waals surface area contributed by atoms with E-state index in [1.165, 1.54) is 17.2 Å². The first-order valence-corrected chi connectivity index (χ1v) is 16.1. The summed E-state index contributed by atoms with van der Waals surface area (Å²) in [5, 5.41) is 11.0. The summed E-state index contributed by atoms with van der Waals surface area (Å²) in [7, 11) is -10.2. The molecule has 3 aliphatic heterocycles.